The zero-order valence-corrected chi connectivity index (χ0v) is 33.1. The van der Waals surface area contributed by atoms with Crippen LogP contribution in [0, 0.1) is 6.92 Å². The fourth-order valence-corrected chi connectivity index (χ4v) is 5.48. The van der Waals surface area contributed by atoms with Crippen molar-refractivity contribution in [1.82, 2.24) is 14.9 Å². The van der Waals surface area contributed by atoms with Crippen molar-refractivity contribution in [2.45, 2.75) is 29.2 Å². The highest BCUT2D eigenvalue weighted by atomic mass is 32.3. The summed E-state index contributed by atoms with van der Waals surface area (Å²) in [5.41, 5.74) is 8.62. The second kappa shape index (κ2) is 26.4. The van der Waals surface area contributed by atoms with E-state index in [1.807, 2.05) is 37.3 Å². The van der Waals surface area contributed by atoms with Gasteiger partial charge in [0, 0.05) is 97.1 Å². The van der Waals surface area contributed by atoms with E-state index in [4.69, 9.17) is 36.5 Å². The second-order valence-corrected chi connectivity index (χ2v) is 13.5. The van der Waals surface area contributed by atoms with Crippen molar-refractivity contribution in [2.24, 2.45) is 5.73 Å². The van der Waals surface area contributed by atoms with Crippen molar-refractivity contribution in [1.29, 1.82) is 0 Å². The van der Waals surface area contributed by atoms with Crippen molar-refractivity contribution >= 4 is 93.9 Å². The molecular weight excluding hydrogens is 854 g/mol. The van der Waals surface area contributed by atoms with Gasteiger partial charge in [-0.25, -0.2) is 19.2 Å². The number of benzene rings is 3. The summed E-state index contributed by atoms with van der Waals surface area (Å²) in [4.78, 5) is 80.2. The van der Waals surface area contributed by atoms with Crippen LogP contribution in [0.5, 0.6) is 0 Å². The van der Waals surface area contributed by atoms with Gasteiger partial charge in [0.15, 0.2) is 0 Å². The number of hydrogen-bond acceptors (Lipinski definition) is 14. The molecule has 3 aromatic carbocycles. The summed E-state index contributed by atoms with van der Waals surface area (Å²) in [5, 5.41) is 8.33. The fraction of sp³-hybridized carbons (Fsp3) is 0.244. The van der Waals surface area contributed by atoms with E-state index in [-0.39, 0.29) is 45.6 Å². The van der Waals surface area contributed by atoms with Gasteiger partial charge in [-0.3, -0.25) is 18.8 Å². The van der Waals surface area contributed by atoms with E-state index in [0.29, 0.717) is 74.1 Å². The standard InChI is InChI=1S/C13H10BN2O4.C11H12N2O2.C10H8O2.C4H6BN2O2.3CH4.H2O4S/c17-8-14-16-6-5-15(13(16)19)10-3-1-9-2-4-12(18)20-11(9)7-10;12-5-6-13-9-3-1-8-2-4-11(14)15-10(8)7-9;1-7-2-3-8-4-5-10(11)12-9(8)6-7;8-3-5-7-2-1-6-4(7)9;;;;1-5(2,3)4/h1-4,7-8H,5-6H2;1-4,7,13H,5-6,12H2;2-6H,1H3;3H,1-2H2,(H,6,9);3*1H4;(H2,1,2,3,4). The van der Waals surface area contributed by atoms with Gasteiger partial charge in [-0.2, -0.15) is 8.42 Å². The van der Waals surface area contributed by atoms with Crippen LogP contribution < -0.4 is 38.1 Å². The molecule has 20 nitrogen and oxygen atoms in total. The molecule has 64 heavy (non-hydrogen) atoms. The minimum Gasteiger partial charge on any atom is -0.423 e. The lowest BCUT2D eigenvalue weighted by Gasteiger charge is -2.17. The predicted octanol–water partition coefficient (Wildman–Crippen LogP) is 4.19. The van der Waals surface area contributed by atoms with Crippen LogP contribution in [-0.4, -0.2) is 106 Å². The van der Waals surface area contributed by atoms with Crippen LogP contribution in [0.2, 0.25) is 0 Å². The van der Waals surface area contributed by atoms with Crippen molar-refractivity contribution in [3.05, 3.63) is 128 Å². The number of hydrogen-bond donors (Lipinski definition) is 5. The molecule has 3 aromatic heterocycles. The molecule has 2 aliphatic heterocycles. The number of urea groups is 2. The number of carbonyl (C=O) groups excluding carboxylic acids is 4. The third kappa shape index (κ3) is 17.4. The number of rotatable bonds is 8. The third-order valence-electron chi connectivity index (χ3n) is 8.21. The Bertz CT molecular complexity index is 2780. The first-order chi connectivity index (χ1) is 29.1. The first kappa shape index (κ1) is 54.9. The Kier molecular flexibility index (Phi) is 22.7. The molecule has 0 bridgehead atoms. The monoisotopic (exact) mass is 904 g/mol. The van der Waals surface area contributed by atoms with Crippen molar-refractivity contribution in [3.8, 4) is 0 Å². The Morgan fingerprint density at radius 2 is 1.16 bits per heavy atom. The van der Waals surface area contributed by atoms with E-state index in [9.17, 15) is 33.6 Å². The smallest absolute Gasteiger partial charge is 0.394 e. The van der Waals surface area contributed by atoms with E-state index in [2.05, 4.69) is 10.6 Å². The van der Waals surface area contributed by atoms with Crippen LogP contribution in [0.3, 0.4) is 0 Å². The van der Waals surface area contributed by atoms with Gasteiger partial charge in [-0.05, 0) is 61.0 Å². The highest BCUT2D eigenvalue weighted by molar-refractivity contribution is 7.79. The maximum absolute atomic E-state index is 12.1. The first-order valence-corrected chi connectivity index (χ1v) is 19.4. The van der Waals surface area contributed by atoms with Crippen molar-refractivity contribution < 1.29 is 50.0 Å². The molecule has 2 saturated heterocycles. The Balaban J connectivity index is 0.000000419. The highest BCUT2D eigenvalue weighted by Gasteiger charge is 2.29. The summed E-state index contributed by atoms with van der Waals surface area (Å²) in [5.74, 6) is 0. The van der Waals surface area contributed by atoms with Gasteiger partial charge in [0.05, 0.1) is 0 Å². The molecule has 0 spiro atoms. The van der Waals surface area contributed by atoms with Gasteiger partial charge in [-0.1, -0.05) is 34.4 Å². The lowest BCUT2D eigenvalue weighted by Crippen LogP contribution is -2.34. The molecule has 8 rings (SSSR count). The minimum absolute atomic E-state index is 0. The summed E-state index contributed by atoms with van der Waals surface area (Å²) in [6.07, 6.45) is 1.19. The Morgan fingerprint density at radius 1 is 0.688 bits per heavy atom. The number of nitrogens with one attached hydrogen (secondary N) is 2. The lowest BCUT2D eigenvalue weighted by atomic mass is 9.96. The van der Waals surface area contributed by atoms with E-state index in [1.54, 1.807) is 42.5 Å². The normalized spacial score (nSPS) is 12.4. The number of carbonyl (C=O) groups is 4. The highest BCUT2D eigenvalue weighted by Crippen LogP contribution is 2.24. The van der Waals surface area contributed by atoms with E-state index < -0.39 is 16.0 Å². The predicted molar refractivity (Wildman–Crippen MR) is 249 cm³/mol. The SMILES string of the molecule is C.C.C.Cc1ccc2ccc(=O)oc2c1.NCCNc1ccc2ccc(=O)oc2c1.O=C[B]N1CCN(c2ccc3ccc(=O)oc3c2)C1=O.O=C[B]N1CCNC1=O.O=S(=O)(O)O. The van der Waals surface area contributed by atoms with Crippen LogP contribution >= 0.6 is 0 Å². The van der Waals surface area contributed by atoms with Crippen LogP contribution in [0.25, 0.3) is 32.9 Å². The van der Waals surface area contributed by atoms with Crippen LogP contribution in [0.4, 0.5) is 21.0 Å². The van der Waals surface area contributed by atoms with Gasteiger partial charge >= 0.3 is 54.2 Å². The van der Waals surface area contributed by atoms with Crippen molar-refractivity contribution in [2.75, 3.05) is 49.5 Å². The van der Waals surface area contributed by atoms with Crippen molar-refractivity contribution in [3.63, 3.8) is 0 Å². The molecule has 2 radical (unpaired) electrons. The van der Waals surface area contributed by atoms with Gasteiger partial charge in [-0.15, -0.1) is 0 Å². The first-order valence-electron chi connectivity index (χ1n) is 18.0. The van der Waals surface area contributed by atoms with Crippen LogP contribution in [0.1, 0.15) is 27.8 Å². The number of fused-ring (bicyclic) bond motifs is 3. The van der Waals surface area contributed by atoms with Crippen LogP contribution in [0.15, 0.2) is 119 Å². The molecule has 0 aliphatic carbocycles. The average Bonchev–Trinajstić information content (AvgIpc) is 3.80. The number of anilines is 2. The quantitative estimate of drug-likeness (QED) is 0.0619. The minimum atomic E-state index is -4.67. The topological polar surface area (TPSA) is 293 Å². The second-order valence-electron chi connectivity index (χ2n) is 12.6. The molecule has 6 aromatic rings. The number of nitrogens with zero attached hydrogens (tertiary/aromatic N) is 3. The number of nitrogens with two attached hydrogens (primary N) is 1. The molecule has 23 heteroatoms. The lowest BCUT2D eigenvalue weighted by molar-refractivity contribution is 0.236. The molecule has 340 valence electrons. The van der Waals surface area contributed by atoms with Gasteiger partial charge in [0.25, 0.3) is 0 Å². The zero-order chi connectivity index (χ0) is 44.5. The Labute approximate surface area is 370 Å². The van der Waals surface area contributed by atoms with Gasteiger partial charge in [0.2, 0.25) is 0 Å². The summed E-state index contributed by atoms with van der Waals surface area (Å²) in [6.45, 7) is 5.38. The van der Waals surface area contributed by atoms with E-state index >= 15 is 0 Å². The largest absolute Gasteiger partial charge is 0.423 e. The molecule has 4 amide bonds. The Hall–Kier alpha value is -7.07. The summed E-state index contributed by atoms with van der Waals surface area (Å²) >= 11 is 0. The molecule has 2 fully saturated rings. The number of aryl methyl sites for hydroxylation is 1. The zero-order valence-electron chi connectivity index (χ0n) is 32.3. The third-order valence-corrected chi connectivity index (χ3v) is 8.21. The molecule has 2 aliphatic rings. The fourth-order valence-electron chi connectivity index (χ4n) is 5.48. The van der Waals surface area contributed by atoms with E-state index in [1.165, 1.54) is 47.5 Å². The average molecular weight is 905 g/mol. The summed E-state index contributed by atoms with van der Waals surface area (Å²) in [7, 11) is -2.23. The number of amides is 4. The molecule has 5 heterocycles. The molecule has 0 unspecified atom stereocenters. The summed E-state index contributed by atoms with van der Waals surface area (Å²) < 4.78 is 46.7. The maximum atomic E-state index is 12.1. The van der Waals surface area contributed by atoms with Gasteiger partial charge in [0.1, 0.15) is 29.1 Å². The van der Waals surface area contributed by atoms with E-state index in [0.717, 1.165) is 27.4 Å². The molecule has 0 saturated carbocycles. The molecule has 6 N–H and O–H groups in total. The molecular formula is C41H50B2N6O14S. The van der Waals surface area contributed by atoms with Crippen LogP contribution in [-0.2, 0) is 20.0 Å². The Morgan fingerprint density at radius 3 is 1.66 bits per heavy atom. The van der Waals surface area contributed by atoms with Gasteiger partial charge < -0.3 is 48.8 Å². The molecule has 0 atom stereocenters. The maximum Gasteiger partial charge on any atom is 0.394 e. The summed E-state index contributed by atoms with van der Waals surface area (Å²) in [6, 6.07) is 25.5.